The molecule has 0 amide bonds. The van der Waals surface area contributed by atoms with Gasteiger partial charge in [0.05, 0.1) is 36.2 Å². The van der Waals surface area contributed by atoms with Crippen molar-refractivity contribution in [3.63, 3.8) is 0 Å². The highest BCUT2D eigenvalue weighted by molar-refractivity contribution is 5.42. The molecule has 0 aromatic carbocycles. The Kier molecular flexibility index (Phi) is 6.64. The largest absolute Gasteiger partial charge is 0.226 e. The van der Waals surface area contributed by atoms with E-state index in [1.807, 2.05) is 41.5 Å². The Morgan fingerprint density at radius 1 is 0.706 bits per heavy atom. The van der Waals surface area contributed by atoms with Crippen molar-refractivity contribution in [1.29, 1.82) is 0 Å². The van der Waals surface area contributed by atoms with Crippen LogP contribution >= 0.6 is 0 Å². The molecule has 0 aromatic heterocycles. The summed E-state index contributed by atoms with van der Waals surface area (Å²) in [6, 6.07) is 5.41. The summed E-state index contributed by atoms with van der Waals surface area (Å²) in [7, 11) is 0. The molecule has 0 N–H and O–H groups in total. The van der Waals surface area contributed by atoms with Crippen molar-refractivity contribution in [3.8, 4) is 0 Å². The van der Waals surface area contributed by atoms with E-state index < -0.39 is 0 Å². The monoisotopic (exact) mass is 236 g/mol. The Bertz CT molecular complexity index is 295. The molecule has 0 heterocycles. The normalized spacial score (nSPS) is 11.2. The maximum atomic E-state index is 4.14. The molecule has 96 valence electrons. The molecule has 0 aliphatic heterocycles. The zero-order chi connectivity index (χ0) is 13.4. The van der Waals surface area contributed by atoms with E-state index in [-0.39, 0.29) is 11.1 Å². The Morgan fingerprint density at radius 2 is 1.06 bits per heavy atom. The van der Waals surface area contributed by atoms with Gasteiger partial charge in [-0.2, -0.15) is 0 Å². The zero-order valence-corrected chi connectivity index (χ0v) is 11.9. The van der Waals surface area contributed by atoms with Gasteiger partial charge in [0.1, 0.15) is 0 Å². The van der Waals surface area contributed by atoms with Crippen molar-refractivity contribution < 1.29 is 0 Å². The fraction of sp³-hybridized carbons (Fsp3) is 0.846. The summed E-state index contributed by atoms with van der Waals surface area (Å²) in [6.45, 7) is 13.5. The summed E-state index contributed by atoms with van der Waals surface area (Å²) >= 11 is 0. The van der Waals surface area contributed by atoms with Crippen LogP contribution in [0.25, 0.3) is 0 Å². The predicted molar refractivity (Wildman–Crippen MR) is 73.6 cm³/mol. The molecule has 0 bridgehead atoms. The first-order valence-electron chi connectivity index (χ1n) is 5.97. The van der Waals surface area contributed by atoms with Gasteiger partial charge < -0.3 is 0 Å². The minimum atomic E-state index is -0.0962. The van der Waals surface area contributed by atoms with Gasteiger partial charge in [-0.15, -0.1) is 0 Å². The number of hydrogen-bond acceptors (Lipinski definition) is 4. The van der Waals surface area contributed by atoms with E-state index in [1.165, 1.54) is 0 Å². The molecule has 0 spiro atoms. The average Bonchev–Trinajstić information content (AvgIpc) is 2.11. The first-order chi connectivity index (χ1) is 7.71. The summed E-state index contributed by atoms with van der Waals surface area (Å²) in [6.07, 6.45) is 0.874. The van der Waals surface area contributed by atoms with Crippen LogP contribution in [-0.2, 0) is 0 Å². The van der Waals surface area contributed by atoms with Crippen molar-refractivity contribution in [3.05, 3.63) is 0 Å². The molecule has 0 radical (unpaired) electrons. The maximum Gasteiger partial charge on any atom is 0.0898 e. The van der Waals surface area contributed by atoms with E-state index in [2.05, 4.69) is 32.0 Å². The fourth-order valence-electron chi connectivity index (χ4n) is 0.700. The van der Waals surface area contributed by atoms with Crippen LogP contribution in [0.2, 0.25) is 0 Å². The molecule has 0 fully saturated rings. The van der Waals surface area contributed by atoms with Crippen LogP contribution in [0.3, 0.4) is 0 Å². The first-order valence-corrected chi connectivity index (χ1v) is 5.97. The zero-order valence-electron chi connectivity index (χ0n) is 11.9. The number of aliphatic imine (C=N–C) groups is 4. The molecule has 0 saturated carbocycles. The van der Waals surface area contributed by atoms with Crippen LogP contribution in [0.15, 0.2) is 20.0 Å². The van der Waals surface area contributed by atoms with Gasteiger partial charge in [0, 0.05) is 0 Å². The summed E-state index contributed by atoms with van der Waals surface area (Å²) in [5, 5.41) is 0. The minimum absolute atomic E-state index is 0.0962. The SMILES string of the molecule is CC(C)(C)N=C=NCCCN=C=NC(C)(C)C. The molecule has 0 saturated heterocycles. The van der Waals surface area contributed by atoms with Crippen LogP contribution in [-0.4, -0.2) is 36.2 Å². The van der Waals surface area contributed by atoms with Crippen molar-refractivity contribution >= 4 is 12.0 Å². The molecule has 0 aliphatic rings. The Balaban J connectivity index is 3.82. The highest BCUT2D eigenvalue weighted by Crippen LogP contribution is 2.04. The fourth-order valence-corrected chi connectivity index (χ4v) is 0.700. The first kappa shape index (κ1) is 15.8. The van der Waals surface area contributed by atoms with Gasteiger partial charge in [0.25, 0.3) is 0 Å². The third kappa shape index (κ3) is 14.8. The Hall–Kier alpha value is -1.24. The van der Waals surface area contributed by atoms with Gasteiger partial charge in [-0.3, -0.25) is 0 Å². The second kappa shape index (κ2) is 7.16. The van der Waals surface area contributed by atoms with Gasteiger partial charge >= 0.3 is 0 Å². The maximum absolute atomic E-state index is 4.14. The average molecular weight is 236 g/mol. The summed E-state index contributed by atoms with van der Waals surface area (Å²) in [4.78, 5) is 16.4. The number of hydrogen-bond donors (Lipinski definition) is 0. The smallest absolute Gasteiger partial charge is 0.0898 e. The summed E-state index contributed by atoms with van der Waals surface area (Å²) in [5.74, 6) is 0. The van der Waals surface area contributed by atoms with Crippen LogP contribution in [0.1, 0.15) is 48.0 Å². The van der Waals surface area contributed by atoms with E-state index in [9.17, 15) is 0 Å². The minimum Gasteiger partial charge on any atom is -0.226 e. The lowest BCUT2D eigenvalue weighted by Crippen LogP contribution is -2.08. The summed E-state index contributed by atoms with van der Waals surface area (Å²) < 4.78 is 0. The van der Waals surface area contributed by atoms with E-state index in [1.54, 1.807) is 0 Å². The van der Waals surface area contributed by atoms with E-state index in [4.69, 9.17) is 0 Å². The topological polar surface area (TPSA) is 49.4 Å². The quantitative estimate of drug-likeness (QED) is 0.531. The molecule has 4 nitrogen and oxygen atoms in total. The van der Waals surface area contributed by atoms with Gasteiger partial charge in [0.15, 0.2) is 0 Å². The second-order valence-electron chi connectivity index (χ2n) is 5.88. The van der Waals surface area contributed by atoms with Crippen molar-refractivity contribution in [2.45, 2.75) is 59.0 Å². The molecule has 0 aromatic rings. The molecule has 17 heavy (non-hydrogen) atoms. The van der Waals surface area contributed by atoms with Gasteiger partial charge in [-0.05, 0) is 48.0 Å². The van der Waals surface area contributed by atoms with Crippen LogP contribution in [0, 0.1) is 0 Å². The Labute approximate surface area is 105 Å². The van der Waals surface area contributed by atoms with Crippen molar-refractivity contribution in [2.75, 3.05) is 13.1 Å². The van der Waals surface area contributed by atoms with Crippen LogP contribution in [0.4, 0.5) is 0 Å². The van der Waals surface area contributed by atoms with Crippen molar-refractivity contribution in [1.82, 2.24) is 0 Å². The standard InChI is InChI=1S/C13H24N4/c1-12(2,3)16-10-14-8-7-9-15-11-17-13(4,5)6/h7-9H2,1-6H3. The molecule has 0 atom stereocenters. The lowest BCUT2D eigenvalue weighted by molar-refractivity contribution is 0.586. The number of rotatable bonds is 4. The molecule has 0 unspecified atom stereocenters. The lowest BCUT2D eigenvalue weighted by atomic mass is 10.1. The highest BCUT2D eigenvalue weighted by Gasteiger charge is 2.04. The lowest BCUT2D eigenvalue weighted by Gasteiger charge is -2.06. The highest BCUT2D eigenvalue weighted by atomic mass is 14.9. The van der Waals surface area contributed by atoms with Crippen LogP contribution < -0.4 is 0 Å². The van der Waals surface area contributed by atoms with Crippen molar-refractivity contribution in [2.24, 2.45) is 20.0 Å². The molecular weight excluding hydrogens is 212 g/mol. The summed E-state index contributed by atoms with van der Waals surface area (Å²) in [5.41, 5.74) is -0.192. The van der Waals surface area contributed by atoms with Gasteiger partial charge in [-0.25, -0.2) is 20.0 Å². The molecular formula is C13H24N4. The Morgan fingerprint density at radius 3 is 1.35 bits per heavy atom. The third-order valence-electron chi connectivity index (χ3n) is 1.45. The molecule has 0 aliphatic carbocycles. The van der Waals surface area contributed by atoms with Crippen LogP contribution in [0.5, 0.6) is 0 Å². The number of nitrogens with zero attached hydrogens (tertiary/aromatic N) is 4. The van der Waals surface area contributed by atoms with E-state index >= 15 is 0 Å². The van der Waals surface area contributed by atoms with Gasteiger partial charge in [-0.1, -0.05) is 0 Å². The van der Waals surface area contributed by atoms with Gasteiger partial charge in [0.2, 0.25) is 0 Å². The second-order valence-corrected chi connectivity index (χ2v) is 5.88. The molecule has 4 heteroatoms. The third-order valence-corrected chi connectivity index (χ3v) is 1.45. The van der Waals surface area contributed by atoms with E-state index in [0.29, 0.717) is 13.1 Å². The predicted octanol–water partition coefficient (Wildman–Crippen LogP) is 3.32. The van der Waals surface area contributed by atoms with E-state index in [0.717, 1.165) is 6.42 Å². The molecule has 0 rings (SSSR count).